The van der Waals surface area contributed by atoms with Gasteiger partial charge in [0.1, 0.15) is 5.60 Å². The number of carbonyl (C=O) groups is 1. The fourth-order valence-corrected chi connectivity index (χ4v) is 3.46. The Morgan fingerprint density at radius 3 is 2.25 bits per heavy atom. The Hall–Kier alpha value is -3.04. The van der Waals surface area contributed by atoms with Crippen LogP contribution in [0.3, 0.4) is 0 Å². The van der Waals surface area contributed by atoms with Crippen molar-refractivity contribution >= 4 is 23.2 Å². The number of nitrogens with zero attached hydrogens (tertiary/aromatic N) is 5. The largest absolute Gasteiger partial charge is 0.444 e. The predicted molar refractivity (Wildman–Crippen MR) is 126 cm³/mol. The number of carbonyl (C=O) groups excluding carboxylic acids is 1. The van der Waals surface area contributed by atoms with Crippen LogP contribution in [0.15, 0.2) is 21.2 Å². The Morgan fingerprint density at radius 2 is 1.72 bits per heavy atom. The van der Waals surface area contributed by atoms with Gasteiger partial charge in [-0.3, -0.25) is 13.9 Å². The van der Waals surface area contributed by atoms with Crippen LogP contribution in [0.25, 0.3) is 11.2 Å². The molecule has 0 saturated heterocycles. The van der Waals surface area contributed by atoms with Crippen LogP contribution in [0.5, 0.6) is 0 Å². The summed E-state index contributed by atoms with van der Waals surface area (Å²) >= 11 is 0. The molecule has 0 atom stereocenters. The van der Waals surface area contributed by atoms with Crippen LogP contribution in [0.2, 0.25) is 0 Å². The minimum atomic E-state index is -0.659. The summed E-state index contributed by atoms with van der Waals surface area (Å²) in [6.45, 7) is 13.9. The zero-order valence-electron chi connectivity index (χ0n) is 20.9. The van der Waals surface area contributed by atoms with E-state index in [0.717, 1.165) is 10.1 Å². The molecule has 2 rings (SSSR count). The molecule has 0 radical (unpaired) electrons. The highest BCUT2D eigenvalue weighted by atomic mass is 16.6. The summed E-state index contributed by atoms with van der Waals surface area (Å²) in [4.78, 5) is 44.1. The maximum absolute atomic E-state index is 12.9. The average molecular weight is 449 g/mol. The first-order valence-electron chi connectivity index (χ1n) is 10.6. The molecule has 2 aromatic rings. The molecule has 0 fully saturated rings. The lowest BCUT2D eigenvalue weighted by molar-refractivity contribution is 0.0475. The predicted octanol–water partition coefficient (Wildman–Crippen LogP) is 2.14. The van der Waals surface area contributed by atoms with Crippen LogP contribution >= 0.6 is 0 Å². The molecular formula is C22H36N6O4. The second kappa shape index (κ2) is 8.84. The molecule has 32 heavy (non-hydrogen) atoms. The number of fused-ring (bicyclic) bond motifs is 1. The van der Waals surface area contributed by atoms with Gasteiger partial charge in [-0.1, -0.05) is 11.6 Å². The molecule has 1 amide bonds. The molecule has 0 aliphatic rings. The Labute approximate surface area is 188 Å². The molecule has 10 heteroatoms. The van der Waals surface area contributed by atoms with Crippen LogP contribution in [0.4, 0.5) is 10.7 Å². The molecule has 178 valence electrons. The Morgan fingerprint density at radius 1 is 1.12 bits per heavy atom. The molecule has 0 aliphatic heterocycles. The highest BCUT2D eigenvalue weighted by Crippen LogP contribution is 2.21. The highest BCUT2D eigenvalue weighted by molar-refractivity contribution is 5.75. The maximum Gasteiger partial charge on any atom is 0.408 e. The van der Waals surface area contributed by atoms with Gasteiger partial charge in [-0.15, -0.1) is 0 Å². The number of ether oxygens (including phenoxy) is 1. The monoisotopic (exact) mass is 448 g/mol. The number of aryl methyl sites for hydroxylation is 1. The van der Waals surface area contributed by atoms with Crippen LogP contribution in [0.1, 0.15) is 48.5 Å². The summed E-state index contributed by atoms with van der Waals surface area (Å²) < 4.78 is 9.63. The van der Waals surface area contributed by atoms with Crippen molar-refractivity contribution in [2.75, 3.05) is 18.5 Å². The second-order valence-electron chi connectivity index (χ2n) is 10.0. The molecule has 0 unspecified atom stereocenters. The quantitative estimate of drug-likeness (QED) is 0.679. The van der Waals surface area contributed by atoms with E-state index in [0.29, 0.717) is 30.2 Å². The van der Waals surface area contributed by atoms with Gasteiger partial charge >= 0.3 is 11.8 Å². The zero-order valence-corrected chi connectivity index (χ0v) is 20.9. The minimum Gasteiger partial charge on any atom is -0.444 e. The Bertz CT molecular complexity index is 1160. The molecule has 0 spiro atoms. The van der Waals surface area contributed by atoms with Gasteiger partial charge in [-0.05, 0) is 48.5 Å². The number of amides is 1. The molecule has 1 N–H and O–H groups in total. The third-order valence-electron chi connectivity index (χ3n) is 4.82. The topological polar surface area (TPSA) is 103 Å². The Balaban J connectivity index is 2.51. The number of nitrogens with one attached hydrogen (secondary N) is 1. The second-order valence-corrected chi connectivity index (χ2v) is 10.0. The van der Waals surface area contributed by atoms with Crippen molar-refractivity contribution in [3.05, 3.63) is 32.5 Å². The number of alkyl carbamates (subject to hydrolysis) is 1. The minimum absolute atomic E-state index is 0.319. The summed E-state index contributed by atoms with van der Waals surface area (Å²) in [5.41, 5.74) is -0.331. The summed E-state index contributed by atoms with van der Waals surface area (Å²) in [6.07, 6.45) is 1.48. The van der Waals surface area contributed by atoms with Gasteiger partial charge in [-0.25, -0.2) is 9.59 Å². The number of hydrogen-bond donors (Lipinski definition) is 1. The van der Waals surface area contributed by atoms with Crippen molar-refractivity contribution in [2.45, 2.75) is 66.2 Å². The van der Waals surface area contributed by atoms with Gasteiger partial charge in [0.25, 0.3) is 5.56 Å². The SMILES string of the molecule is CC(C)=CCn1c(N(C)CC(C)(C)NC(=O)OC(C)(C)C)nc2c1c(=O)n(C)c(=O)n2C. The van der Waals surface area contributed by atoms with Gasteiger partial charge in [0, 0.05) is 34.2 Å². The van der Waals surface area contributed by atoms with E-state index in [1.807, 2.05) is 66.5 Å². The van der Waals surface area contributed by atoms with E-state index in [2.05, 4.69) is 10.3 Å². The van der Waals surface area contributed by atoms with Crippen molar-refractivity contribution in [3.8, 4) is 0 Å². The van der Waals surface area contributed by atoms with Crippen molar-refractivity contribution in [2.24, 2.45) is 14.1 Å². The summed E-state index contributed by atoms with van der Waals surface area (Å²) in [5, 5.41) is 2.89. The molecule has 2 heterocycles. The molecule has 0 aliphatic carbocycles. The van der Waals surface area contributed by atoms with Gasteiger partial charge in [0.15, 0.2) is 11.2 Å². The molecule has 0 saturated carbocycles. The zero-order chi connectivity index (χ0) is 24.6. The van der Waals surface area contributed by atoms with E-state index in [4.69, 9.17) is 4.74 Å². The maximum atomic E-state index is 12.9. The smallest absolute Gasteiger partial charge is 0.408 e. The van der Waals surface area contributed by atoms with E-state index in [1.54, 1.807) is 11.6 Å². The number of hydrogen-bond acceptors (Lipinski definition) is 6. The van der Waals surface area contributed by atoms with Crippen molar-refractivity contribution in [1.29, 1.82) is 0 Å². The summed E-state index contributed by atoms with van der Waals surface area (Å²) in [6, 6.07) is 0. The normalized spacial score (nSPS) is 12.1. The van der Waals surface area contributed by atoms with Crippen LogP contribution < -0.4 is 21.5 Å². The number of imidazole rings is 1. The molecular weight excluding hydrogens is 412 g/mol. The van der Waals surface area contributed by atoms with Crippen molar-refractivity contribution < 1.29 is 9.53 Å². The fourth-order valence-electron chi connectivity index (χ4n) is 3.46. The third kappa shape index (κ3) is 5.60. The number of anilines is 1. The van der Waals surface area contributed by atoms with E-state index in [-0.39, 0.29) is 0 Å². The lowest BCUT2D eigenvalue weighted by Gasteiger charge is -2.32. The van der Waals surface area contributed by atoms with Crippen LogP contribution in [-0.4, -0.2) is 49.5 Å². The number of aromatic nitrogens is 4. The number of allylic oxidation sites excluding steroid dienone is 2. The average Bonchev–Trinajstić information content (AvgIpc) is 3.00. The van der Waals surface area contributed by atoms with Crippen LogP contribution in [0, 0.1) is 0 Å². The van der Waals surface area contributed by atoms with Gasteiger partial charge < -0.3 is 19.5 Å². The first-order chi connectivity index (χ1) is 14.5. The Kier molecular flexibility index (Phi) is 6.96. The van der Waals surface area contributed by atoms with Crippen molar-refractivity contribution in [3.63, 3.8) is 0 Å². The standard InChI is InChI=1S/C22H36N6O4/c1-14(2)11-12-28-15-16(26(9)20(31)27(10)17(15)29)23-18(28)25(8)13-22(6,7)24-19(30)32-21(3,4)5/h11H,12-13H2,1-10H3,(H,24,30). The number of likely N-dealkylation sites (N-methyl/N-ethyl adjacent to an activating group) is 1. The third-order valence-corrected chi connectivity index (χ3v) is 4.82. The molecule has 0 bridgehead atoms. The first kappa shape index (κ1) is 25.2. The summed E-state index contributed by atoms with van der Waals surface area (Å²) in [5.74, 6) is 0.523. The highest BCUT2D eigenvalue weighted by Gasteiger charge is 2.28. The summed E-state index contributed by atoms with van der Waals surface area (Å²) in [7, 11) is 4.89. The van der Waals surface area contributed by atoms with E-state index in [1.165, 1.54) is 11.6 Å². The molecule has 10 nitrogen and oxygen atoms in total. The first-order valence-corrected chi connectivity index (χ1v) is 10.6. The number of rotatable bonds is 6. The van der Waals surface area contributed by atoms with Crippen LogP contribution in [-0.2, 0) is 25.4 Å². The fraction of sp³-hybridized carbons (Fsp3) is 0.636. The molecule has 2 aromatic heterocycles. The lowest BCUT2D eigenvalue weighted by Crippen LogP contribution is -2.52. The van der Waals surface area contributed by atoms with Gasteiger partial charge in [-0.2, -0.15) is 4.98 Å². The van der Waals surface area contributed by atoms with Gasteiger partial charge in [0.2, 0.25) is 5.95 Å². The van der Waals surface area contributed by atoms with E-state index < -0.39 is 28.5 Å². The van der Waals surface area contributed by atoms with Gasteiger partial charge in [0.05, 0.1) is 5.54 Å². The van der Waals surface area contributed by atoms with Crippen molar-refractivity contribution in [1.82, 2.24) is 24.0 Å². The van der Waals surface area contributed by atoms with E-state index >= 15 is 0 Å². The van der Waals surface area contributed by atoms with E-state index in [9.17, 15) is 14.4 Å². The molecule has 0 aromatic carbocycles. The lowest BCUT2D eigenvalue weighted by atomic mass is 10.1.